The highest BCUT2D eigenvalue weighted by Gasteiger charge is 2.22. The monoisotopic (exact) mass is 339 g/mol. The van der Waals surface area contributed by atoms with Crippen molar-refractivity contribution in [2.45, 2.75) is 18.9 Å². The van der Waals surface area contributed by atoms with Crippen molar-refractivity contribution >= 4 is 38.2 Å². The van der Waals surface area contributed by atoms with Gasteiger partial charge in [0.1, 0.15) is 0 Å². The summed E-state index contributed by atoms with van der Waals surface area (Å²) in [6.45, 7) is 1.63. The molecule has 1 aliphatic heterocycles. The number of nitrogens with one attached hydrogen (secondary N) is 1. The summed E-state index contributed by atoms with van der Waals surface area (Å²) in [7, 11) is -3.14. The van der Waals surface area contributed by atoms with Gasteiger partial charge in [0.05, 0.1) is 11.8 Å². The predicted molar refractivity (Wildman–Crippen MR) is 90.0 cm³/mol. The molecule has 118 valence electrons. The van der Waals surface area contributed by atoms with E-state index in [2.05, 4.69) is 14.6 Å². The molecule has 1 aliphatic rings. The Hall–Kier alpha value is -1.37. The fourth-order valence-corrected chi connectivity index (χ4v) is 3.93. The maximum absolute atomic E-state index is 11.3. The summed E-state index contributed by atoms with van der Waals surface area (Å²) in [5, 5.41) is 1.75. The summed E-state index contributed by atoms with van der Waals surface area (Å²) in [6, 6.07) is 7.74. The second kappa shape index (κ2) is 6.02. The number of halogens is 1. The van der Waals surface area contributed by atoms with E-state index in [9.17, 15) is 8.42 Å². The quantitative estimate of drug-likeness (QED) is 0.932. The second-order valence-corrected chi connectivity index (χ2v) is 7.86. The molecule has 0 bridgehead atoms. The molecule has 1 aromatic carbocycles. The number of nitrogens with zero attached hydrogens (tertiary/aromatic N) is 2. The normalized spacial score (nSPS) is 17.1. The summed E-state index contributed by atoms with van der Waals surface area (Å²) >= 11 is 6.02. The van der Waals surface area contributed by atoms with E-state index in [0.717, 1.165) is 42.5 Å². The van der Waals surface area contributed by atoms with Gasteiger partial charge in [-0.15, -0.1) is 0 Å². The van der Waals surface area contributed by atoms with E-state index >= 15 is 0 Å². The van der Waals surface area contributed by atoms with Crippen LogP contribution in [0.2, 0.25) is 5.02 Å². The van der Waals surface area contributed by atoms with Crippen LogP contribution in [0, 0.1) is 0 Å². The van der Waals surface area contributed by atoms with Crippen LogP contribution < -0.4 is 9.62 Å². The number of aromatic nitrogens is 1. The maximum Gasteiger partial charge on any atom is 0.208 e. The van der Waals surface area contributed by atoms with Crippen molar-refractivity contribution < 1.29 is 8.42 Å². The lowest BCUT2D eigenvalue weighted by Crippen LogP contribution is -2.44. The van der Waals surface area contributed by atoms with Crippen molar-refractivity contribution in [2.24, 2.45) is 0 Å². The number of anilines is 1. The number of benzene rings is 1. The van der Waals surface area contributed by atoms with Crippen molar-refractivity contribution in [2.75, 3.05) is 24.2 Å². The van der Waals surface area contributed by atoms with E-state index in [1.54, 1.807) is 6.20 Å². The molecule has 3 rings (SSSR count). The molecule has 7 heteroatoms. The van der Waals surface area contributed by atoms with Gasteiger partial charge in [-0.1, -0.05) is 11.6 Å². The fraction of sp³-hybridized carbons (Fsp3) is 0.400. The molecule has 0 atom stereocenters. The fourth-order valence-electron chi connectivity index (χ4n) is 2.92. The summed E-state index contributed by atoms with van der Waals surface area (Å²) in [5.41, 5.74) is 2.00. The van der Waals surface area contributed by atoms with Crippen molar-refractivity contribution in [3.05, 3.63) is 35.5 Å². The lowest BCUT2D eigenvalue weighted by molar-refractivity contribution is 0.462. The summed E-state index contributed by atoms with van der Waals surface area (Å²) < 4.78 is 25.3. The van der Waals surface area contributed by atoms with Crippen LogP contribution in [-0.2, 0) is 10.0 Å². The Balaban J connectivity index is 1.79. The predicted octanol–water partition coefficient (Wildman–Crippen LogP) is 2.41. The minimum atomic E-state index is -3.14. The number of hydrogen-bond acceptors (Lipinski definition) is 4. The molecule has 0 unspecified atom stereocenters. The zero-order valence-corrected chi connectivity index (χ0v) is 13.9. The largest absolute Gasteiger partial charge is 0.371 e. The first-order valence-corrected chi connectivity index (χ1v) is 9.46. The molecule has 0 aliphatic carbocycles. The van der Waals surface area contributed by atoms with Gasteiger partial charge in [0.15, 0.2) is 0 Å². The summed E-state index contributed by atoms with van der Waals surface area (Å²) in [5.74, 6) is 0. The molecule has 2 heterocycles. The van der Waals surface area contributed by atoms with Crippen molar-refractivity contribution in [3.8, 4) is 0 Å². The van der Waals surface area contributed by atoms with Crippen LogP contribution in [-0.4, -0.2) is 38.8 Å². The molecule has 1 fully saturated rings. The Morgan fingerprint density at radius 3 is 2.68 bits per heavy atom. The van der Waals surface area contributed by atoms with Crippen LogP contribution in [0.4, 0.5) is 5.69 Å². The number of pyridine rings is 1. The van der Waals surface area contributed by atoms with Crippen LogP contribution in [0.15, 0.2) is 30.5 Å². The Morgan fingerprint density at radius 2 is 2.00 bits per heavy atom. The van der Waals surface area contributed by atoms with Crippen LogP contribution in [0.1, 0.15) is 12.8 Å². The standard InChI is InChI=1S/C15H18ClN3O2S/c1-22(20,21)18-12-5-8-19(9-6-12)15-4-7-17-14-10-11(16)2-3-13(14)15/h2-4,7,10,12,18H,5-6,8-9H2,1H3. The smallest absolute Gasteiger partial charge is 0.208 e. The highest BCUT2D eigenvalue weighted by molar-refractivity contribution is 7.88. The maximum atomic E-state index is 11.3. The topological polar surface area (TPSA) is 62.3 Å². The lowest BCUT2D eigenvalue weighted by atomic mass is 10.0. The van der Waals surface area contributed by atoms with Gasteiger partial charge in [-0.25, -0.2) is 13.1 Å². The molecule has 1 N–H and O–H groups in total. The van der Waals surface area contributed by atoms with Gasteiger partial charge < -0.3 is 4.90 Å². The summed E-state index contributed by atoms with van der Waals surface area (Å²) in [4.78, 5) is 6.63. The Kier molecular flexibility index (Phi) is 4.25. The van der Waals surface area contributed by atoms with Crippen molar-refractivity contribution in [1.29, 1.82) is 0 Å². The van der Waals surface area contributed by atoms with Gasteiger partial charge in [-0.3, -0.25) is 4.98 Å². The minimum absolute atomic E-state index is 0.0220. The molecule has 0 spiro atoms. The van der Waals surface area contributed by atoms with Crippen LogP contribution in [0.3, 0.4) is 0 Å². The minimum Gasteiger partial charge on any atom is -0.371 e. The van der Waals surface area contributed by atoms with E-state index in [-0.39, 0.29) is 6.04 Å². The zero-order chi connectivity index (χ0) is 15.7. The lowest BCUT2D eigenvalue weighted by Gasteiger charge is -2.34. The van der Waals surface area contributed by atoms with Gasteiger partial charge in [0.2, 0.25) is 10.0 Å². The van der Waals surface area contributed by atoms with Gasteiger partial charge in [-0.05, 0) is 37.1 Å². The van der Waals surface area contributed by atoms with E-state index in [4.69, 9.17) is 11.6 Å². The van der Waals surface area contributed by atoms with E-state index in [0.29, 0.717) is 5.02 Å². The van der Waals surface area contributed by atoms with E-state index in [1.807, 2.05) is 24.3 Å². The molecule has 1 aromatic heterocycles. The third-order valence-electron chi connectivity index (χ3n) is 3.90. The third-order valence-corrected chi connectivity index (χ3v) is 4.89. The van der Waals surface area contributed by atoms with Gasteiger partial charge >= 0.3 is 0 Å². The third kappa shape index (κ3) is 3.51. The Bertz CT molecular complexity index is 786. The van der Waals surface area contributed by atoms with Gasteiger partial charge in [-0.2, -0.15) is 0 Å². The second-order valence-electron chi connectivity index (χ2n) is 5.64. The van der Waals surface area contributed by atoms with Gasteiger partial charge in [0, 0.05) is 41.4 Å². The molecule has 2 aromatic rings. The van der Waals surface area contributed by atoms with Crippen LogP contribution in [0.5, 0.6) is 0 Å². The number of hydrogen-bond donors (Lipinski definition) is 1. The molecule has 1 saturated heterocycles. The van der Waals surface area contributed by atoms with Crippen LogP contribution in [0.25, 0.3) is 10.9 Å². The number of rotatable bonds is 3. The van der Waals surface area contributed by atoms with E-state index in [1.165, 1.54) is 6.26 Å². The molecule has 22 heavy (non-hydrogen) atoms. The van der Waals surface area contributed by atoms with Crippen molar-refractivity contribution in [3.63, 3.8) is 0 Å². The number of sulfonamides is 1. The van der Waals surface area contributed by atoms with Gasteiger partial charge in [0.25, 0.3) is 0 Å². The Labute approximate surface area is 135 Å². The van der Waals surface area contributed by atoms with E-state index < -0.39 is 10.0 Å². The van der Waals surface area contributed by atoms with Crippen LogP contribution >= 0.6 is 11.6 Å². The molecule has 0 amide bonds. The number of piperidine rings is 1. The summed E-state index contributed by atoms with van der Waals surface area (Å²) in [6.07, 6.45) is 4.59. The average molecular weight is 340 g/mol. The first-order valence-electron chi connectivity index (χ1n) is 7.19. The molecular formula is C15H18ClN3O2S. The molecular weight excluding hydrogens is 322 g/mol. The van der Waals surface area contributed by atoms with Crippen molar-refractivity contribution in [1.82, 2.24) is 9.71 Å². The molecule has 5 nitrogen and oxygen atoms in total. The SMILES string of the molecule is CS(=O)(=O)NC1CCN(c2ccnc3cc(Cl)ccc23)CC1. The highest BCUT2D eigenvalue weighted by atomic mass is 35.5. The first kappa shape index (κ1) is 15.5. The Morgan fingerprint density at radius 1 is 1.27 bits per heavy atom. The average Bonchev–Trinajstić information content (AvgIpc) is 2.45. The molecule has 0 radical (unpaired) electrons. The first-order chi connectivity index (χ1) is 10.4. The molecule has 0 saturated carbocycles. The zero-order valence-electron chi connectivity index (χ0n) is 12.3. The number of fused-ring (bicyclic) bond motifs is 1. The highest BCUT2D eigenvalue weighted by Crippen LogP contribution is 2.29.